The quantitative estimate of drug-likeness (QED) is 0.543. The molecule has 1 fully saturated rings. The molecule has 1 saturated heterocycles. The van der Waals surface area contributed by atoms with E-state index in [4.69, 9.17) is 11.6 Å². The monoisotopic (exact) mass is 464 g/mol. The van der Waals surface area contributed by atoms with Crippen molar-refractivity contribution in [2.75, 3.05) is 43.9 Å². The second-order valence-corrected chi connectivity index (χ2v) is 8.84. The van der Waals surface area contributed by atoms with Crippen LogP contribution < -0.4 is 10.6 Å². The van der Waals surface area contributed by atoms with Gasteiger partial charge in [0.15, 0.2) is 0 Å². The maximum absolute atomic E-state index is 12.9. The first-order valence-electron chi connectivity index (χ1n) is 11.1. The zero-order chi connectivity index (χ0) is 23.2. The molecule has 1 aromatic heterocycles. The van der Waals surface area contributed by atoms with Gasteiger partial charge < -0.3 is 15.5 Å². The Morgan fingerprint density at radius 3 is 2.67 bits per heavy atom. The van der Waals surface area contributed by atoms with Gasteiger partial charge in [0.1, 0.15) is 11.0 Å². The highest BCUT2D eigenvalue weighted by molar-refractivity contribution is 6.29. The molecule has 7 nitrogen and oxygen atoms in total. The topological polar surface area (TPSA) is 73.4 Å². The number of nitrogens with zero attached hydrogens (tertiary/aromatic N) is 4. The van der Waals surface area contributed by atoms with Crippen LogP contribution >= 0.6 is 11.6 Å². The summed E-state index contributed by atoms with van der Waals surface area (Å²) in [6.07, 6.45) is 3.12. The number of hydrogen-bond donors (Lipinski definition) is 2. The second kappa shape index (κ2) is 10.7. The number of rotatable bonds is 7. The van der Waals surface area contributed by atoms with E-state index in [1.54, 1.807) is 6.20 Å². The lowest BCUT2D eigenvalue weighted by molar-refractivity contribution is 0.102. The third kappa shape index (κ3) is 6.51. The van der Waals surface area contributed by atoms with Gasteiger partial charge in [0.05, 0.1) is 18.4 Å². The summed E-state index contributed by atoms with van der Waals surface area (Å²) in [5.74, 6) is 0.482. The van der Waals surface area contributed by atoms with Crippen LogP contribution in [-0.4, -0.2) is 58.9 Å². The van der Waals surface area contributed by atoms with Gasteiger partial charge in [-0.05, 0) is 49.4 Å². The molecule has 8 heteroatoms. The summed E-state index contributed by atoms with van der Waals surface area (Å²) >= 11 is 5.92. The van der Waals surface area contributed by atoms with E-state index in [1.165, 1.54) is 6.20 Å². The minimum atomic E-state index is -0.117. The smallest absolute Gasteiger partial charge is 0.255 e. The standard InChI is InChI=1S/C25H29ClN6O/c1-18(28-24-16-27-15-23(26)30-24)20-6-4-8-22(14-20)29-25(33)21-7-3-5-19(13-21)17-32-11-9-31(2)10-12-32/h3-8,13-16,18H,9-12,17H2,1-2H3,(H,28,30)(H,29,33). The fraction of sp³-hybridized carbons (Fsp3) is 0.320. The van der Waals surface area contributed by atoms with Crippen molar-refractivity contribution in [2.24, 2.45) is 0 Å². The molecule has 33 heavy (non-hydrogen) atoms. The number of nitrogens with one attached hydrogen (secondary N) is 2. The van der Waals surface area contributed by atoms with Crippen LogP contribution in [0.2, 0.25) is 5.15 Å². The highest BCUT2D eigenvalue weighted by atomic mass is 35.5. The van der Waals surface area contributed by atoms with Crippen molar-refractivity contribution in [3.63, 3.8) is 0 Å². The molecule has 0 saturated carbocycles. The third-order valence-electron chi connectivity index (χ3n) is 5.81. The molecule has 1 amide bonds. The number of likely N-dealkylation sites (N-methyl/N-ethyl adjacent to an activating group) is 1. The van der Waals surface area contributed by atoms with Crippen LogP contribution in [0.4, 0.5) is 11.5 Å². The van der Waals surface area contributed by atoms with E-state index in [9.17, 15) is 4.79 Å². The van der Waals surface area contributed by atoms with Crippen LogP contribution in [0, 0.1) is 0 Å². The van der Waals surface area contributed by atoms with Gasteiger partial charge in [-0.2, -0.15) is 0 Å². The van der Waals surface area contributed by atoms with Gasteiger partial charge in [-0.25, -0.2) is 4.98 Å². The number of halogens is 1. The van der Waals surface area contributed by atoms with Gasteiger partial charge in [0.2, 0.25) is 0 Å². The summed E-state index contributed by atoms with van der Waals surface area (Å²) in [4.78, 5) is 26.0. The number of amides is 1. The summed E-state index contributed by atoms with van der Waals surface area (Å²) in [5.41, 5.74) is 3.57. The second-order valence-electron chi connectivity index (χ2n) is 8.45. The van der Waals surface area contributed by atoms with Gasteiger partial charge >= 0.3 is 0 Å². The molecule has 1 atom stereocenters. The van der Waals surface area contributed by atoms with Crippen molar-refractivity contribution >= 4 is 29.0 Å². The molecule has 4 rings (SSSR count). The number of benzene rings is 2. The van der Waals surface area contributed by atoms with Crippen molar-refractivity contribution in [3.8, 4) is 0 Å². The molecule has 1 unspecified atom stereocenters. The zero-order valence-electron chi connectivity index (χ0n) is 19.0. The highest BCUT2D eigenvalue weighted by Crippen LogP contribution is 2.22. The predicted molar refractivity (Wildman–Crippen MR) is 133 cm³/mol. The maximum atomic E-state index is 12.9. The summed E-state index contributed by atoms with van der Waals surface area (Å²) in [5, 5.41) is 6.64. The normalized spacial score (nSPS) is 15.7. The molecular weight excluding hydrogens is 436 g/mol. The van der Waals surface area contributed by atoms with E-state index in [2.05, 4.69) is 43.5 Å². The van der Waals surface area contributed by atoms with Crippen LogP contribution in [0.15, 0.2) is 60.9 Å². The van der Waals surface area contributed by atoms with Crippen LogP contribution in [0.3, 0.4) is 0 Å². The van der Waals surface area contributed by atoms with Crippen molar-refractivity contribution in [3.05, 3.63) is 82.8 Å². The van der Waals surface area contributed by atoms with E-state index in [-0.39, 0.29) is 11.9 Å². The predicted octanol–water partition coefficient (Wildman–Crippen LogP) is 4.30. The average Bonchev–Trinajstić information content (AvgIpc) is 2.81. The average molecular weight is 465 g/mol. The molecule has 0 bridgehead atoms. The lowest BCUT2D eigenvalue weighted by Gasteiger charge is -2.32. The molecular formula is C25H29ClN6O. The summed E-state index contributed by atoms with van der Waals surface area (Å²) in [7, 11) is 2.15. The van der Waals surface area contributed by atoms with E-state index in [1.807, 2.05) is 49.4 Å². The Morgan fingerprint density at radius 2 is 1.88 bits per heavy atom. The highest BCUT2D eigenvalue weighted by Gasteiger charge is 2.15. The largest absolute Gasteiger partial charge is 0.362 e. The van der Waals surface area contributed by atoms with Gasteiger partial charge in [-0.1, -0.05) is 35.9 Å². The van der Waals surface area contributed by atoms with E-state index in [0.717, 1.165) is 49.5 Å². The van der Waals surface area contributed by atoms with Crippen LogP contribution in [0.5, 0.6) is 0 Å². The van der Waals surface area contributed by atoms with Crippen molar-refractivity contribution < 1.29 is 4.79 Å². The molecule has 0 spiro atoms. The number of carbonyl (C=O) groups excluding carboxylic acids is 1. The Morgan fingerprint density at radius 1 is 1.09 bits per heavy atom. The summed E-state index contributed by atoms with van der Waals surface area (Å²) in [6, 6.07) is 15.6. The zero-order valence-corrected chi connectivity index (χ0v) is 19.7. The summed E-state index contributed by atoms with van der Waals surface area (Å²) < 4.78 is 0. The number of aromatic nitrogens is 2. The lowest BCUT2D eigenvalue weighted by Crippen LogP contribution is -2.43. The van der Waals surface area contributed by atoms with Crippen molar-refractivity contribution in [1.82, 2.24) is 19.8 Å². The first-order chi connectivity index (χ1) is 16.0. The minimum absolute atomic E-state index is 0.0402. The number of hydrogen-bond acceptors (Lipinski definition) is 6. The fourth-order valence-electron chi connectivity index (χ4n) is 3.88. The number of anilines is 2. The Hall–Kier alpha value is -3.00. The Labute approximate surface area is 199 Å². The number of carbonyl (C=O) groups is 1. The third-order valence-corrected chi connectivity index (χ3v) is 5.99. The van der Waals surface area contributed by atoms with E-state index >= 15 is 0 Å². The van der Waals surface area contributed by atoms with Crippen LogP contribution in [0.1, 0.15) is 34.5 Å². The molecule has 3 aromatic rings. The van der Waals surface area contributed by atoms with Crippen molar-refractivity contribution in [1.29, 1.82) is 0 Å². The first-order valence-corrected chi connectivity index (χ1v) is 11.5. The molecule has 172 valence electrons. The maximum Gasteiger partial charge on any atom is 0.255 e. The first kappa shape index (κ1) is 23.2. The van der Waals surface area contributed by atoms with Crippen LogP contribution in [-0.2, 0) is 6.54 Å². The lowest BCUT2D eigenvalue weighted by atomic mass is 10.1. The fourth-order valence-corrected chi connectivity index (χ4v) is 4.03. The van der Waals surface area contributed by atoms with Gasteiger partial charge in [-0.15, -0.1) is 0 Å². The molecule has 0 radical (unpaired) electrons. The Bertz CT molecular complexity index is 1100. The Kier molecular flexibility index (Phi) is 7.54. The molecule has 2 aromatic carbocycles. The van der Waals surface area contributed by atoms with Crippen molar-refractivity contribution in [2.45, 2.75) is 19.5 Å². The van der Waals surface area contributed by atoms with Gasteiger partial charge in [0.25, 0.3) is 5.91 Å². The van der Waals surface area contributed by atoms with E-state index in [0.29, 0.717) is 16.5 Å². The molecule has 2 N–H and O–H groups in total. The number of piperazine rings is 1. The molecule has 1 aliphatic heterocycles. The van der Waals surface area contributed by atoms with E-state index < -0.39 is 0 Å². The summed E-state index contributed by atoms with van der Waals surface area (Å²) in [6.45, 7) is 7.13. The molecule has 2 heterocycles. The molecule has 0 aliphatic carbocycles. The minimum Gasteiger partial charge on any atom is -0.362 e. The van der Waals surface area contributed by atoms with Crippen LogP contribution in [0.25, 0.3) is 0 Å². The van der Waals surface area contributed by atoms with Gasteiger partial charge in [0, 0.05) is 44.0 Å². The Balaban J connectivity index is 1.39. The SMILES string of the molecule is CC(Nc1cncc(Cl)n1)c1cccc(NC(=O)c2cccc(CN3CCN(C)CC3)c2)c1. The molecule has 1 aliphatic rings. The van der Waals surface area contributed by atoms with Gasteiger partial charge in [-0.3, -0.25) is 14.7 Å².